The molecule has 0 spiro atoms. The van der Waals surface area contributed by atoms with Crippen LogP contribution in [-0.2, 0) is 22.6 Å². The molecule has 0 aromatic heterocycles. The number of anilines is 1. The number of benzene rings is 2. The van der Waals surface area contributed by atoms with Crippen LogP contribution in [0.15, 0.2) is 42.5 Å². The predicted molar refractivity (Wildman–Crippen MR) is 110 cm³/mol. The Morgan fingerprint density at radius 3 is 2.48 bits per heavy atom. The number of hydrogen-bond donors (Lipinski definition) is 0. The predicted octanol–water partition coefficient (Wildman–Crippen LogP) is 3.03. The van der Waals surface area contributed by atoms with Crippen LogP contribution in [0.1, 0.15) is 24.5 Å². The van der Waals surface area contributed by atoms with Crippen LogP contribution in [0.3, 0.4) is 0 Å². The van der Waals surface area contributed by atoms with Gasteiger partial charge in [0.05, 0.1) is 5.92 Å². The van der Waals surface area contributed by atoms with Gasteiger partial charge in [0.2, 0.25) is 11.8 Å². The van der Waals surface area contributed by atoms with Crippen molar-refractivity contribution in [2.24, 2.45) is 5.92 Å². The second kappa shape index (κ2) is 8.15. The molecular weight excluding hydrogens is 368 g/mol. The molecule has 2 aromatic rings. The van der Waals surface area contributed by atoms with E-state index < -0.39 is 0 Å². The summed E-state index contributed by atoms with van der Waals surface area (Å²) < 4.78 is 11.2. The van der Waals surface area contributed by atoms with E-state index >= 15 is 0 Å². The number of ether oxygens (including phenoxy) is 2. The molecule has 6 nitrogen and oxygen atoms in total. The van der Waals surface area contributed by atoms with Crippen molar-refractivity contribution in [2.75, 3.05) is 31.7 Å². The number of hydrogen-bond acceptors (Lipinski definition) is 4. The fraction of sp³-hybridized carbons (Fsp3) is 0.391. The molecule has 0 radical (unpaired) electrons. The van der Waals surface area contributed by atoms with Crippen molar-refractivity contribution in [2.45, 2.75) is 26.3 Å². The van der Waals surface area contributed by atoms with Gasteiger partial charge in [-0.3, -0.25) is 9.59 Å². The first-order valence-electron chi connectivity index (χ1n) is 10.1. The van der Waals surface area contributed by atoms with Crippen LogP contribution in [0.25, 0.3) is 0 Å². The molecule has 2 aromatic carbocycles. The van der Waals surface area contributed by atoms with Crippen molar-refractivity contribution in [3.05, 3.63) is 53.6 Å². The molecule has 2 aliphatic heterocycles. The molecule has 2 aliphatic rings. The maximum Gasteiger partial charge on any atom is 0.228 e. The van der Waals surface area contributed by atoms with Gasteiger partial charge in [-0.15, -0.1) is 0 Å². The average molecular weight is 394 g/mol. The van der Waals surface area contributed by atoms with Crippen LogP contribution in [0, 0.1) is 5.92 Å². The van der Waals surface area contributed by atoms with Gasteiger partial charge in [0.25, 0.3) is 0 Å². The number of amides is 2. The van der Waals surface area contributed by atoms with Gasteiger partial charge in [-0.05, 0) is 29.7 Å². The normalized spacial score (nSPS) is 18.1. The molecule has 1 fully saturated rings. The van der Waals surface area contributed by atoms with Crippen molar-refractivity contribution < 1.29 is 19.1 Å². The molecule has 0 saturated carbocycles. The SMILES string of the molecule is CCc1ccc(CN(C)C(=O)[C@@H]2CC(=O)N(c3ccc4c(c3)OCCO4)C2)cc1. The minimum absolute atomic E-state index is 0.00189. The summed E-state index contributed by atoms with van der Waals surface area (Å²) in [5.74, 6) is 0.950. The van der Waals surface area contributed by atoms with E-state index in [1.165, 1.54) is 5.56 Å². The molecule has 4 rings (SSSR count). The van der Waals surface area contributed by atoms with Crippen molar-refractivity contribution in [1.82, 2.24) is 4.90 Å². The summed E-state index contributed by atoms with van der Waals surface area (Å²) in [5, 5.41) is 0. The smallest absolute Gasteiger partial charge is 0.228 e. The van der Waals surface area contributed by atoms with Gasteiger partial charge in [0.15, 0.2) is 11.5 Å². The van der Waals surface area contributed by atoms with Crippen molar-refractivity contribution in [3.8, 4) is 11.5 Å². The Kier molecular flexibility index (Phi) is 5.43. The zero-order valence-electron chi connectivity index (χ0n) is 16.9. The Morgan fingerprint density at radius 2 is 1.76 bits per heavy atom. The number of nitrogens with zero attached hydrogens (tertiary/aromatic N) is 2. The highest BCUT2D eigenvalue weighted by Gasteiger charge is 2.36. The monoisotopic (exact) mass is 394 g/mol. The van der Waals surface area contributed by atoms with E-state index in [1.807, 2.05) is 18.2 Å². The lowest BCUT2D eigenvalue weighted by Crippen LogP contribution is -2.34. The third-order valence-corrected chi connectivity index (χ3v) is 5.54. The third kappa shape index (κ3) is 4.06. The molecule has 1 saturated heterocycles. The first-order valence-corrected chi connectivity index (χ1v) is 10.1. The van der Waals surface area contributed by atoms with E-state index in [-0.39, 0.29) is 24.2 Å². The highest BCUT2D eigenvalue weighted by Crippen LogP contribution is 2.36. The average Bonchev–Trinajstić information content (AvgIpc) is 3.15. The maximum absolute atomic E-state index is 12.9. The maximum atomic E-state index is 12.9. The molecule has 0 bridgehead atoms. The summed E-state index contributed by atoms with van der Waals surface area (Å²) in [6.07, 6.45) is 1.22. The highest BCUT2D eigenvalue weighted by atomic mass is 16.6. The van der Waals surface area contributed by atoms with E-state index in [1.54, 1.807) is 16.8 Å². The van der Waals surface area contributed by atoms with Crippen LogP contribution in [-0.4, -0.2) is 43.5 Å². The van der Waals surface area contributed by atoms with Crippen LogP contribution >= 0.6 is 0 Å². The Balaban J connectivity index is 1.42. The lowest BCUT2D eigenvalue weighted by Gasteiger charge is -2.23. The summed E-state index contributed by atoms with van der Waals surface area (Å²) in [6, 6.07) is 13.8. The first-order chi connectivity index (χ1) is 14.0. The van der Waals surface area contributed by atoms with E-state index in [9.17, 15) is 9.59 Å². The number of rotatable bonds is 5. The van der Waals surface area contributed by atoms with Crippen LogP contribution in [0.4, 0.5) is 5.69 Å². The zero-order chi connectivity index (χ0) is 20.4. The second-order valence-corrected chi connectivity index (χ2v) is 7.60. The van der Waals surface area contributed by atoms with Crippen molar-refractivity contribution >= 4 is 17.5 Å². The van der Waals surface area contributed by atoms with E-state index in [4.69, 9.17) is 9.47 Å². The molecule has 2 heterocycles. The van der Waals surface area contributed by atoms with E-state index in [0.29, 0.717) is 37.8 Å². The molecular formula is C23H26N2O4. The lowest BCUT2D eigenvalue weighted by atomic mass is 10.1. The molecule has 0 aliphatic carbocycles. The molecule has 0 N–H and O–H groups in total. The van der Waals surface area contributed by atoms with Crippen LogP contribution < -0.4 is 14.4 Å². The minimum Gasteiger partial charge on any atom is -0.486 e. The number of carbonyl (C=O) groups excluding carboxylic acids is 2. The largest absolute Gasteiger partial charge is 0.486 e. The van der Waals surface area contributed by atoms with Gasteiger partial charge in [-0.25, -0.2) is 0 Å². The van der Waals surface area contributed by atoms with Crippen molar-refractivity contribution in [1.29, 1.82) is 0 Å². The Hall–Kier alpha value is -3.02. The number of fused-ring (bicyclic) bond motifs is 1. The number of aryl methyl sites for hydroxylation is 1. The summed E-state index contributed by atoms with van der Waals surface area (Å²) in [7, 11) is 1.80. The third-order valence-electron chi connectivity index (χ3n) is 5.54. The van der Waals surface area contributed by atoms with Gasteiger partial charge in [-0.2, -0.15) is 0 Å². The molecule has 0 unspecified atom stereocenters. The summed E-state index contributed by atoms with van der Waals surface area (Å²) in [5.41, 5.74) is 3.11. The zero-order valence-corrected chi connectivity index (χ0v) is 16.9. The quantitative estimate of drug-likeness (QED) is 0.782. The molecule has 1 atom stereocenters. The van der Waals surface area contributed by atoms with Gasteiger partial charge in [0, 0.05) is 38.3 Å². The van der Waals surface area contributed by atoms with E-state index in [2.05, 4.69) is 31.2 Å². The Morgan fingerprint density at radius 1 is 1.07 bits per heavy atom. The lowest BCUT2D eigenvalue weighted by molar-refractivity contribution is -0.135. The molecule has 29 heavy (non-hydrogen) atoms. The molecule has 6 heteroatoms. The Labute approximate surface area is 171 Å². The fourth-order valence-electron chi connectivity index (χ4n) is 3.87. The summed E-state index contributed by atoms with van der Waals surface area (Å²) >= 11 is 0. The summed E-state index contributed by atoms with van der Waals surface area (Å²) in [4.78, 5) is 28.9. The number of carbonyl (C=O) groups is 2. The minimum atomic E-state index is -0.337. The van der Waals surface area contributed by atoms with Gasteiger partial charge in [-0.1, -0.05) is 31.2 Å². The van der Waals surface area contributed by atoms with Gasteiger partial charge in [0.1, 0.15) is 13.2 Å². The molecule has 2 amide bonds. The van der Waals surface area contributed by atoms with Gasteiger partial charge >= 0.3 is 0 Å². The first kappa shape index (κ1) is 19.3. The summed E-state index contributed by atoms with van der Waals surface area (Å²) in [6.45, 7) is 4.07. The second-order valence-electron chi connectivity index (χ2n) is 7.60. The standard InChI is InChI=1S/C23H26N2O4/c1-3-16-4-6-17(7-5-16)14-24(2)23(27)18-12-22(26)25(15-18)19-8-9-20-21(13-19)29-11-10-28-20/h4-9,13,18H,3,10-12,14-15H2,1-2H3/t18-/m1/s1. The topological polar surface area (TPSA) is 59.1 Å². The van der Waals surface area contributed by atoms with Crippen LogP contribution in [0.2, 0.25) is 0 Å². The Bertz CT molecular complexity index is 910. The van der Waals surface area contributed by atoms with E-state index in [0.717, 1.165) is 17.7 Å². The highest BCUT2D eigenvalue weighted by molar-refractivity contribution is 6.00. The van der Waals surface area contributed by atoms with Crippen molar-refractivity contribution in [3.63, 3.8) is 0 Å². The van der Waals surface area contributed by atoms with Gasteiger partial charge < -0.3 is 19.3 Å². The van der Waals surface area contributed by atoms with Crippen LogP contribution in [0.5, 0.6) is 11.5 Å². The fourth-order valence-corrected chi connectivity index (χ4v) is 3.87. The molecule has 152 valence electrons.